The Hall–Kier alpha value is -2.22. The summed E-state index contributed by atoms with van der Waals surface area (Å²) >= 11 is 0. The van der Waals surface area contributed by atoms with Crippen LogP contribution in [0, 0.1) is 0 Å². The second kappa shape index (κ2) is 6.95. The van der Waals surface area contributed by atoms with Crippen LogP contribution in [-0.2, 0) is 13.5 Å². The highest BCUT2D eigenvalue weighted by Gasteiger charge is 2.20. The Bertz CT molecular complexity index is 857. The van der Waals surface area contributed by atoms with Crippen molar-refractivity contribution < 1.29 is 0 Å². The van der Waals surface area contributed by atoms with Gasteiger partial charge >= 0.3 is 0 Å². The number of rotatable bonds is 6. The Kier molecular flexibility index (Phi) is 4.52. The zero-order chi connectivity index (χ0) is 17.2. The average molecular weight is 332 g/mol. The van der Waals surface area contributed by atoms with Gasteiger partial charge in [0, 0.05) is 24.2 Å². The summed E-state index contributed by atoms with van der Waals surface area (Å²) in [5.74, 6) is 0. The van der Waals surface area contributed by atoms with Crippen LogP contribution in [0.2, 0.25) is 0 Å². The molecule has 25 heavy (non-hydrogen) atoms. The number of benzene rings is 2. The van der Waals surface area contributed by atoms with Crippen molar-refractivity contribution in [3.05, 3.63) is 54.1 Å². The Morgan fingerprint density at radius 2 is 1.88 bits per heavy atom. The number of fused-ring (bicyclic) bond motifs is 1. The van der Waals surface area contributed by atoms with Crippen LogP contribution in [0.5, 0.6) is 0 Å². The summed E-state index contributed by atoms with van der Waals surface area (Å²) in [6.45, 7) is 2.27. The van der Waals surface area contributed by atoms with Gasteiger partial charge in [0.15, 0.2) is 0 Å². The Morgan fingerprint density at radius 1 is 1.08 bits per heavy atom. The first-order chi connectivity index (χ1) is 12.3. The van der Waals surface area contributed by atoms with Gasteiger partial charge in [0.25, 0.3) is 0 Å². The van der Waals surface area contributed by atoms with E-state index in [4.69, 9.17) is 0 Å². The highest BCUT2D eigenvalue weighted by Crippen LogP contribution is 2.35. The summed E-state index contributed by atoms with van der Waals surface area (Å²) in [4.78, 5) is 0. The lowest BCUT2D eigenvalue weighted by Crippen LogP contribution is -2.27. The third-order valence-electron chi connectivity index (χ3n) is 5.54. The molecule has 0 radical (unpaired) electrons. The van der Waals surface area contributed by atoms with Crippen LogP contribution in [-0.4, -0.2) is 10.6 Å². The first-order valence-electron chi connectivity index (χ1n) is 9.70. The number of aromatic nitrogens is 1. The van der Waals surface area contributed by atoms with E-state index in [1.54, 1.807) is 0 Å². The van der Waals surface area contributed by atoms with Gasteiger partial charge in [-0.2, -0.15) is 0 Å². The third kappa shape index (κ3) is 3.18. The van der Waals surface area contributed by atoms with Crippen molar-refractivity contribution in [1.29, 1.82) is 0 Å². The summed E-state index contributed by atoms with van der Waals surface area (Å²) in [6.07, 6.45) is 7.63. The largest absolute Gasteiger partial charge is 0.381 e. The van der Waals surface area contributed by atoms with Gasteiger partial charge < -0.3 is 9.88 Å². The molecule has 0 atom stereocenters. The van der Waals surface area contributed by atoms with Crippen molar-refractivity contribution in [3.63, 3.8) is 0 Å². The fraction of sp³-hybridized carbons (Fsp3) is 0.391. The number of nitrogens with one attached hydrogen (secondary N) is 1. The van der Waals surface area contributed by atoms with Crippen LogP contribution in [0.15, 0.2) is 48.5 Å². The third-order valence-corrected chi connectivity index (χ3v) is 5.54. The molecule has 0 saturated heterocycles. The number of anilines is 1. The molecule has 1 aromatic heterocycles. The molecule has 0 spiro atoms. The SMILES string of the molecule is CCCCc1cc(NC2CCC2)c2c(c1)cc(-c1ccccc1)n2C. The van der Waals surface area contributed by atoms with E-state index in [-0.39, 0.29) is 0 Å². The Morgan fingerprint density at radius 3 is 2.56 bits per heavy atom. The second-order valence-corrected chi connectivity index (χ2v) is 7.41. The molecule has 1 aliphatic rings. The highest BCUT2D eigenvalue weighted by atomic mass is 15.0. The number of hydrogen-bond donors (Lipinski definition) is 1. The van der Waals surface area contributed by atoms with E-state index in [1.807, 2.05) is 0 Å². The van der Waals surface area contributed by atoms with Crippen molar-refractivity contribution in [2.75, 3.05) is 5.32 Å². The zero-order valence-electron chi connectivity index (χ0n) is 15.4. The lowest BCUT2D eigenvalue weighted by molar-refractivity contribution is 0.446. The maximum absolute atomic E-state index is 3.82. The topological polar surface area (TPSA) is 17.0 Å². The molecule has 0 aliphatic heterocycles. The normalized spacial score (nSPS) is 14.6. The quantitative estimate of drug-likeness (QED) is 0.572. The van der Waals surface area contributed by atoms with Gasteiger partial charge in [-0.3, -0.25) is 0 Å². The fourth-order valence-corrected chi connectivity index (χ4v) is 3.86. The summed E-state index contributed by atoms with van der Waals surface area (Å²) in [5, 5.41) is 5.18. The van der Waals surface area contributed by atoms with Crippen LogP contribution in [0.1, 0.15) is 44.6 Å². The molecule has 0 amide bonds. The number of unbranched alkanes of at least 4 members (excludes halogenated alkanes) is 1. The molecule has 0 unspecified atom stereocenters. The molecule has 1 fully saturated rings. The smallest absolute Gasteiger partial charge is 0.0718 e. The fourth-order valence-electron chi connectivity index (χ4n) is 3.86. The molecule has 1 saturated carbocycles. The van der Waals surface area contributed by atoms with Crippen LogP contribution in [0.25, 0.3) is 22.2 Å². The molecule has 2 nitrogen and oxygen atoms in total. The number of hydrogen-bond acceptors (Lipinski definition) is 1. The van der Waals surface area contributed by atoms with Gasteiger partial charge in [0.05, 0.1) is 11.2 Å². The minimum Gasteiger partial charge on any atom is -0.381 e. The van der Waals surface area contributed by atoms with Crippen LogP contribution < -0.4 is 5.32 Å². The van der Waals surface area contributed by atoms with E-state index in [2.05, 4.69) is 72.4 Å². The molecular weight excluding hydrogens is 304 g/mol. The standard InChI is InChI=1S/C23H28N2/c1-3-4-9-17-14-19-16-22(18-10-6-5-7-11-18)25(2)23(19)21(15-17)24-20-12-8-13-20/h5-7,10-11,14-16,20,24H,3-4,8-9,12-13H2,1-2H3. The molecule has 1 aliphatic carbocycles. The Labute approximate surface area is 150 Å². The van der Waals surface area contributed by atoms with Gasteiger partial charge in [-0.05, 0) is 61.4 Å². The van der Waals surface area contributed by atoms with Crippen molar-refractivity contribution in [1.82, 2.24) is 4.57 Å². The molecule has 1 N–H and O–H groups in total. The minimum atomic E-state index is 0.653. The van der Waals surface area contributed by atoms with Crippen molar-refractivity contribution in [3.8, 4) is 11.3 Å². The summed E-state index contributed by atoms with van der Waals surface area (Å²) < 4.78 is 2.36. The van der Waals surface area contributed by atoms with E-state index in [1.165, 1.54) is 71.9 Å². The molecular formula is C23H28N2. The van der Waals surface area contributed by atoms with Crippen molar-refractivity contribution >= 4 is 16.6 Å². The molecule has 130 valence electrons. The maximum Gasteiger partial charge on any atom is 0.0718 e. The predicted molar refractivity (Wildman–Crippen MR) is 108 cm³/mol. The molecule has 3 aromatic rings. The van der Waals surface area contributed by atoms with Crippen LogP contribution in [0.4, 0.5) is 5.69 Å². The molecule has 4 rings (SSSR count). The van der Waals surface area contributed by atoms with E-state index in [9.17, 15) is 0 Å². The summed E-state index contributed by atoms with van der Waals surface area (Å²) in [7, 11) is 2.20. The van der Waals surface area contributed by atoms with Gasteiger partial charge in [-0.15, -0.1) is 0 Å². The molecule has 2 aromatic carbocycles. The first-order valence-corrected chi connectivity index (χ1v) is 9.70. The van der Waals surface area contributed by atoms with E-state index in [0.717, 1.165) is 0 Å². The van der Waals surface area contributed by atoms with Crippen LogP contribution in [0.3, 0.4) is 0 Å². The predicted octanol–water partition coefficient (Wildman–Crippen LogP) is 6.15. The van der Waals surface area contributed by atoms with Crippen molar-refractivity contribution in [2.24, 2.45) is 7.05 Å². The van der Waals surface area contributed by atoms with Gasteiger partial charge in [0.2, 0.25) is 0 Å². The monoisotopic (exact) mass is 332 g/mol. The highest BCUT2D eigenvalue weighted by molar-refractivity contribution is 5.96. The van der Waals surface area contributed by atoms with Gasteiger partial charge in [0.1, 0.15) is 0 Å². The maximum atomic E-state index is 3.82. The summed E-state index contributed by atoms with van der Waals surface area (Å²) in [5.41, 5.74) is 6.69. The summed E-state index contributed by atoms with van der Waals surface area (Å²) in [6, 6.07) is 18.5. The Balaban J connectivity index is 1.82. The lowest BCUT2D eigenvalue weighted by Gasteiger charge is -2.28. The molecule has 2 heteroatoms. The van der Waals surface area contributed by atoms with E-state index in [0.29, 0.717) is 6.04 Å². The van der Waals surface area contributed by atoms with Crippen LogP contribution >= 0.6 is 0 Å². The van der Waals surface area contributed by atoms with Gasteiger partial charge in [-0.1, -0.05) is 43.7 Å². The minimum absolute atomic E-state index is 0.653. The van der Waals surface area contributed by atoms with E-state index < -0.39 is 0 Å². The van der Waals surface area contributed by atoms with Gasteiger partial charge in [-0.25, -0.2) is 0 Å². The lowest BCUT2D eigenvalue weighted by atomic mass is 9.92. The van der Waals surface area contributed by atoms with E-state index >= 15 is 0 Å². The zero-order valence-corrected chi connectivity index (χ0v) is 15.4. The van der Waals surface area contributed by atoms with Crippen molar-refractivity contribution in [2.45, 2.75) is 51.5 Å². The second-order valence-electron chi connectivity index (χ2n) is 7.41. The number of aryl methyl sites for hydroxylation is 2. The average Bonchev–Trinajstić information content (AvgIpc) is 2.94. The molecule has 1 heterocycles. The number of nitrogens with zero attached hydrogens (tertiary/aromatic N) is 1. The molecule has 0 bridgehead atoms. The first kappa shape index (κ1) is 16.3.